The Morgan fingerprint density at radius 1 is 1.42 bits per heavy atom. The molecule has 1 aliphatic heterocycles. The van der Waals surface area contributed by atoms with E-state index in [4.69, 9.17) is 5.73 Å². The number of carbonyl (C=O) groups excluding carboxylic acids is 1. The molecule has 2 heterocycles. The molecule has 1 amide bonds. The molecule has 0 spiro atoms. The molecule has 2 rings (SSSR count). The average molecular weight is 282 g/mol. The molecule has 1 aliphatic rings. The normalized spacial score (nSPS) is 15.6. The van der Waals surface area contributed by atoms with Crippen molar-refractivity contribution in [3.05, 3.63) is 4.88 Å². The van der Waals surface area contributed by atoms with Crippen molar-refractivity contribution in [3.8, 4) is 0 Å². The first kappa shape index (κ1) is 14.1. The Kier molecular flexibility index (Phi) is 4.63. The van der Waals surface area contributed by atoms with Gasteiger partial charge < -0.3 is 15.5 Å². The molecule has 19 heavy (non-hydrogen) atoms. The number of carbonyl (C=O) groups is 1. The summed E-state index contributed by atoms with van der Waals surface area (Å²) < 4.78 is 0. The minimum atomic E-state index is 0.0471. The topological polar surface area (TPSA) is 62.5 Å². The van der Waals surface area contributed by atoms with Gasteiger partial charge in [0.25, 0.3) is 5.91 Å². The van der Waals surface area contributed by atoms with Gasteiger partial charge in [-0.1, -0.05) is 18.3 Å². The van der Waals surface area contributed by atoms with Crippen molar-refractivity contribution in [1.82, 2.24) is 9.88 Å². The first-order valence-corrected chi connectivity index (χ1v) is 7.71. The highest BCUT2D eigenvalue weighted by Crippen LogP contribution is 2.29. The summed E-state index contributed by atoms with van der Waals surface area (Å²) in [4.78, 5) is 21.3. The van der Waals surface area contributed by atoms with Crippen LogP contribution in [0.3, 0.4) is 0 Å². The molecular formula is C13H22N4OS. The highest BCUT2D eigenvalue weighted by atomic mass is 32.1. The molecular weight excluding hydrogens is 260 g/mol. The van der Waals surface area contributed by atoms with Crippen LogP contribution in [0.4, 0.5) is 10.9 Å². The van der Waals surface area contributed by atoms with Crippen molar-refractivity contribution < 1.29 is 4.79 Å². The standard InChI is InChI=1S/C13H22N4OS/c1-3-7-16(2)13-15-11(14)10(19-13)12(18)17-8-5-4-6-9-17/h3-9,14H2,1-2H3. The van der Waals surface area contributed by atoms with Gasteiger partial charge in [-0.3, -0.25) is 4.79 Å². The summed E-state index contributed by atoms with van der Waals surface area (Å²) >= 11 is 1.41. The third kappa shape index (κ3) is 3.18. The van der Waals surface area contributed by atoms with Gasteiger partial charge in [-0.2, -0.15) is 0 Å². The van der Waals surface area contributed by atoms with Crippen LogP contribution < -0.4 is 10.6 Å². The number of nitrogen functional groups attached to an aromatic ring is 1. The lowest BCUT2D eigenvalue weighted by atomic mass is 10.1. The van der Waals surface area contributed by atoms with Gasteiger partial charge in [0.1, 0.15) is 10.7 Å². The fourth-order valence-electron chi connectivity index (χ4n) is 2.31. The van der Waals surface area contributed by atoms with Crippen LogP contribution in [0.2, 0.25) is 0 Å². The fraction of sp³-hybridized carbons (Fsp3) is 0.692. The number of piperidine rings is 1. The van der Waals surface area contributed by atoms with E-state index in [9.17, 15) is 4.79 Å². The van der Waals surface area contributed by atoms with E-state index in [2.05, 4.69) is 11.9 Å². The Hall–Kier alpha value is -1.30. The summed E-state index contributed by atoms with van der Waals surface area (Å²) in [7, 11) is 1.98. The number of rotatable bonds is 4. The second kappa shape index (κ2) is 6.23. The average Bonchev–Trinajstić information content (AvgIpc) is 2.81. The van der Waals surface area contributed by atoms with Crippen LogP contribution >= 0.6 is 11.3 Å². The lowest BCUT2D eigenvalue weighted by Crippen LogP contribution is -2.35. The van der Waals surface area contributed by atoms with E-state index in [-0.39, 0.29) is 5.91 Å². The molecule has 5 nitrogen and oxygen atoms in total. The number of likely N-dealkylation sites (tertiary alicyclic amines) is 1. The second-order valence-corrected chi connectivity index (χ2v) is 5.96. The van der Waals surface area contributed by atoms with Gasteiger partial charge in [-0.05, 0) is 25.7 Å². The fourth-order valence-corrected chi connectivity index (χ4v) is 3.25. The molecule has 1 saturated heterocycles. The number of nitrogens with two attached hydrogens (primary N) is 1. The minimum Gasteiger partial charge on any atom is -0.382 e. The molecule has 1 aromatic rings. The first-order valence-electron chi connectivity index (χ1n) is 6.90. The van der Waals surface area contributed by atoms with Crippen molar-refractivity contribution >= 4 is 28.2 Å². The summed E-state index contributed by atoms with van der Waals surface area (Å²) in [6.45, 7) is 4.73. The smallest absolute Gasteiger partial charge is 0.267 e. The Morgan fingerprint density at radius 2 is 2.11 bits per heavy atom. The number of anilines is 2. The lowest BCUT2D eigenvalue weighted by molar-refractivity contribution is 0.0730. The maximum absolute atomic E-state index is 12.4. The van der Waals surface area contributed by atoms with Gasteiger partial charge >= 0.3 is 0 Å². The highest BCUT2D eigenvalue weighted by Gasteiger charge is 2.24. The monoisotopic (exact) mass is 282 g/mol. The predicted octanol–water partition coefficient (Wildman–Crippen LogP) is 2.20. The second-order valence-electron chi connectivity index (χ2n) is 4.99. The number of amides is 1. The molecule has 0 radical (unpaired) electrons. The molecule has 0 bridgehead atoms. The zero-order valence-corrected chi connectivity index (χ0v) is 12.5. The molecule has 0 saturated carbocycles. The Labute approximate surface area is 118 Å². The highest BCUT2D eigenvalue weighted by molar-refractivity contribution is 7.18. The number of nitrogens with zero attached hydrogens (tertiary/aromatic N) is 3. The first-order chi connectivity index (χ1) is 9.13. The third-order valence-corrected chi connectivity index (χ3v) is 4.54. The quantitative estimate of drug-likeness (QED) is 0.919. The van der Waals surface area contributed by atoms with E-state index in [1.807, 2.05) is 16.8 Å². The summed E-state index contributed by atoms with van der Waals surface area (Å²) in [5.74, 6) is 0.421. The largest absolute Gasteiger partial charge is 0.382 e. The van der Waals surface area contributed by atoms with Crippen molar-refractivity contribution in [1.29, 1.82) is 0 Å². The van der Waals surface area contributed by atoms with E-state index < -0.39 is 0 Å². The van der Waals surface area contributed by atoms with Gasteiger partial charge in [0.2, 0.25) is 0 Å². The van der Waals surface area contributed by atoms with Crippen molar-refractivity contribution in [2.24, 2.45) is 0 Å². The molecule has 6 heteroatoms. The number of thiazole rings is 1. The molecule has 1 fully saturated rings. The molecule has 0 unspecified atom stereocenters. The summed E-state index contributed by atoms with van der Waals surface area (Å²) in [5, 5.41) is 0.833. The van der Waals surface area contributed by atoms with Crippen molar-refractivity contribution in [2.45, 2.75) is 32.6 Å². The Morgan fingerprint density at radius 3 is 2.74 bits per heavy atom. The minimum absolute atomic E-state index is 0.0471. The summed E-state index contributed by atoms with van der Waals surface area (Å²) in [5.41, 5.74) is 5.91. The van der Waals surface area contributed by atoms with Crippen LogP contribution in [0, 0.1) is 0 Å². The molecule has 0 aromatic carbocycles. The SMILES string of the molecule is CCCN(C)c1nc(N)c(C(=O)N2CCCCC2)s1. The van der Waals surface area contributed by atoms with E-state index >= 15 is 0 Å². The summed E-state index contributed by atoms with van der Waals surface area (Å²) in [6.07, 6.45) is 4.44. The number of hydrogen-bond acceptors (Lipinski definition) is 5. The number of hydrogen-bond donors (Lipinski definition) is 1. The van der Waals surface area contributed by atoms with Crippen molar-refractivity contribution in [2.75, 3.05) is 37.3 Å². The van der Waals surface area contributed by atoms with Crippen molar-refractivity contribution in [3.63, 3.8) is 0 Å². The predicted molar refractivity (Wildman–Crippen MR) is 79.8 cm³/mol. The van der Waals surface area contributed by atoms with E-state index in [0.29, 0.717) is 10.7 Å². The van der Waals surface area contributed by atoms with Gasteiger partial charge in [-0.25, -0.2) is 4.98 Å². The van der Waals surface area contributed by atoms with Crippen LogP contribution in [0.5, 0.6) is 0 Å². The van der Waals surface area contributed by atoms with Crippen LogP contribution in [-0.4, -0.2) is 42.5 Å². The lowest BCUT2D eigenvalue weighted by Gasteiger charge is -2.26. The van der Waals surface area contributed by atoms with E-state index in [1.54, 1.807) is 0 Å². The maximum atomic E-state index is 12.4. The molecule has 0 atom stereocenters. The van der Waals surface area contributed by atoms with Crippen LogP contribution in [0.1, 0.15) is 42.3 Å². The van der Waals surface area contributed by atoms with E-state index in [1.165, 1.54) is 17.8 Å². The van der Waals surface area contributed by atoms with Crippen LogP contribution in [0.25, 0.3) is 0 Å². The zero-order chi connectivity index (χ0) is 13.8. The van der Waals surface area contributed by atoms with Gasteiger partial charge in [-0.15, -0.1) is 0 Å². The van der Waals surface area contributed by atoms with Crippen LogP contribution in [-0.2, 0) is 0 Å². The van der Waals surface area contributed by atoms with Crippen LogP contribution in [0.15, 0.2) is 0 Å². The number of aromatic nitrogens is 1. The summed E-state index contributed by atoms with van der Waals surface area (Å²) in [6, 6.07) is 0. The zero-order valence-electron chi connectivity index (χ0n) is 11.7. The Bertz CT molecular complexity index is 440. The van der Waals surface area contributed by atoms with Gasteiger partial charge in [0, 0.05) is 26.7 Å². The Balaban J connectivity index is 2.13. The molecule has 2 N–H and O–H groups in total. The van der Waals surface area contributed by atoms with Gasteiger partial charge in [0.15, 0.2) is 5.13 Å². The molecule has 106 valence electrons. The molecule has 0 aliphatic carbocycles. The maximum Gasteiger partial charge on any atom is 0.267 e. The molecule has 1 aromatic heterocycles. The third-order valence-electron chi connectivity index (χ3n) is 3.37. The van der Waals surface area contributed by atoms with E-state index in [0.717, 1.165) is 44.0 Å². The van der Waals surface area contributed by atoms with Gasteiger partial charge in [0.05, 0.1) is 0 Å².